The van der Waals surface area contributed by atoms with Gasteiger partial charge in [0, 0.05) is 17.8 Å². The van der Waals surface area contributed by atoms with Gasteiger partial charge < -0.3 is 5.32 Å². The number of aromatic nitrogens is 1. The van der Waals surface area contributed by atoms with Gasteiger partial charge in [0.15, 0.2) is 9.84 Å². The Morgan fingerprint density at radius 2 is 2.22 bits per heavy atom. The molecule has 1 heterocycles. The van der Waals surface area contributed by atoms with Crippen molar-refractivity contribution in [2.45, 2.75) is 11.4 Å². The Morgan fingerprint density at radius 3 is 2.83 bits per heavy atom. The third-order valence-electron chi connectivity index (χ3n) is 2.28. The van der Waals surface area contributed by atoms with E-state index in [2.05, 4.69) is 10.3 Å². The predicted octanol–water partition coefficient (Wildman–Crippen LogP) is 2.81. The average molecular weight is 303 g/mol. The Morgan fingerprint density at radius 1 is 1.44 bits per heavy atom. The molecule has 0 radical (unpaired) electrons. The third-order valence-corrected chi connectivity index (χ3v) is 4.50. The highest BCUT2D eigenvalue weighted by atomic mass is 35.5. The van der Waals surface area contributed by atoms with Crippen molar-refractivity contribution in [3.05, 3.63) is 39.8 Å². The van der Waals surface area contributed by atoms with Gasteiger partial charge in [-0.25, -0.2) is 13.4 Å². The first-order valence-corrected chi connectivity index (χ1v) is 8.23. The van der Waals surface area contributed by atoms with E-state index in [0.717, 1.165) is 5.01 Å². The van der Waals surface area contributed by atoms with Crippen LogP contribution in [0.1, 0.15) is 5.01 Å². The number of rotatable bonds is 4. The molecule has 4 nitrogen and oxygen atoms in total. The third kappa shape index (κ3) is 3.22. The molecule has 0 spiro atoms. The average Bonchev–Trinajstić information content (AvgIpc) is 2.79. The number of hydrogen-bond acceptors (Lipinski definition) is 5. The molecule has 1 N–H and O–H groups in total. The zero-order valence-electron chi connectivity index (χ0n) is 9.55. The Balaban J connectivity index is 2.22. The summed E-state index contributed by atoms with van der Waals surface area (Å²) in [7, 11) is -3.23. The Kier molecular flexibility index (Phi) is 3.89. The van der Waals surface area contributed by atoms with E-state index < -0.39 is 9.84 Å². The Bertz CT molecular complexity index is 639. The lowest BCUT2D eigenvalue weighted by molar-refractivity contribution is 0.602. The Labute approximate surface area is 115 Å². The topological polar surface area (TPSA) is 59.1 Å². The van der Waals surface area contributed by atoms with Crippen LogP contribution in [-0.4, -0.2) is 19.7 Å². The van der Waals surface area contributed by atoms with Crippen LogP contribution in [0.25, 0.3) is 0 Å². The lowest BCUT2D eigenvalue weighted by Gasteiger charge is -2.08. The fourth-order valence-electron chi connectivity index (χ4n) is 1.38. The van der Waals surface area contributed by atoms with Crippen LogP contribution in [0.3, 0.4) is 0 Å². The van der Waals surface area contributed by atoms with Crippen molar-refractivity contribution >= 4 is 38.5 Å². The van der Waals surface area contributed by atoms with Crippen LogP contribution in [-0.2, 0) is 16.4 Å². The van der Waals surface area contributed by atoms with Crippen LogP contribution in [0, 0.1) is 0 Å². The van der Waals surface area contributed by atoms with Gasteiger partial charge in [-0.05, 0) is 18.2 Å². The van der Waals surface area contributed by atoms with Crippen molar-refractivity contribution in [3.63, 3.8) is 0 Å². The van der Waals surface area contributed by atoms with Gasteiger partial charge in [-0.1, -0.05) is 11.6 Å². The van der Waals surface area contributed by atoms with Gasteiger partial charge in [0.2, 0.25) is 0 Å². The maximum atomic E-state index is 11.4. The monoisotopic (exact) mass is 302 g/mol. The number of benzene rings is 1. The maximum Gasteiger partial charge on any atom is 0.175 e. The number of nitrogens with one attached hydrogen (secondary N) is 1. The molecule has 0 unspecified atom stereocenters. The lowest BCUT2D eigenvalue weighted by Crippen LogP contribution is -2.02. The van der Waals surface area contributed by atoms with E-state index in [1.165, 1.54) is 29.7 Å². The van der Waals surface area contributed by atoms with Crippen LogP contribution in [0.15, 0.2) is 34.7 Å². The standard InChI is InChI=1S/C11H11ClN2O2S2/c1-18(15,16)8-2-3-9(12)10(6-8)14-7-11-13-4-5-17-11/h2-6,14H,7H2,1H3. The highest BCUT2D eigenvalue weighted by molar-refractivity contribution is 7.90. The second kappa shape index (κ2) is 5.26. The molecule has 0 bridgehead atoms. The molecule has 7 heteroatoms. The first-order chi connectivity index (χ1) is 8.47. The van der Waals surface area contributed by atoms with Gasteiger partial charge in [-0.3, -0.25) is 0 Å². The number of sulfone groups is 1. The molecule has 2 aromatic rings. The number of nitrogens with zero attached hydrogens (tertiary/aromatic N) is 1. The van der Waals surface area contributed by atoms with Crippen LogP contribution in [0.4, 0.5) is 5.69 Å². The lowest BCUT2D eigenvalue weighted by atomic mass is 10.3. The fraction of sp³-hybridized carbons (Fsp3) is 0.182. The summed E-state index contributed by atoms with van der Waals surface area (Å²) in [5.41, 5.74) is 0.592. The molecule has 0 aliphatic carbocycles. The molecular weight excluding hydrogens is 292 g/mol. The normalized spacial score (nSPS) is 11.4. The zero-order valence-corrected chi connectivity index (χ0v) is 11.9. The van der Waals surface area contributed by atoms with Gasteiger partial charge in [0.1, 0.15) is 5.01 Å². The summed E-state index contributed by atoms with van der Waals surface area (Å²) in [6, 6.07) is 4.60. The van der Waals surface area contributed by atoms with Crippen molar-refractivity contribution in [1.82, 2.24) is 4.98 Å². The molecule has 18 heavy (non-hydrogen) atoms. The van der Waals surface area contributed by atoms with Crippen molar-refractivity contribution in [3.8, 4) is 0 Å². The van der Waals surface area contributed by atoms with E-state index >= 15 is 0 Å². The van der Waals surface area contributed by atoms with Crippen LogP contribution in [0.5, 0.6) is 0 Å². The van der Waals surface area contributed by atoms with Crippen molar-refractivity contribution in [2.24, 2.45) is 0 Å². The minimum Gasteiger partial charge on any atom is -0.377 e. The second-order valence-electron chi connectivity index (χ2n) is 3.69. The van der Waals surface area contributed by atoms with Gasteiger partial charge >= 0.3 is 0 Å². The predicted molar refractivity (Wildman–Crippen MR) is 74.0 cm³/mol. The van der Waals surface area contributed by atoms with Crippen molar-refractivity contribution < 1.29 is 8.42 Å². The molecule has 0 fully saturated rings. The Hall–Kier alpha value is -1.11. The second-order valence-corrected chi connectivity index (χ2v) is 7.10. The minimum absolute atomic E-state index is 0.244. The molecule has 1 aromatic heterocycles. The van der Waals surface area contributed by atoms with E-state index in [0.29, 0.717) is 17.3 Å². The van der Waals surface area contributed by atoms with Crippen LogP contribution >= 0.6 is 22.9 Å². The van der Waals surface area contributed by atoms with Gasteiger partial charge in [-0.2, -0.15) is 0 Å². The van der Waals surface area contributed by atoms with E-state index in [9.17, 15) is 8.42 Å². The maximum absolute atomic E-state index is 11.4. The van der Waals surface area contributed by atoms with E-state index in [4.69, 9.17) is 11.6 Å². The molecule has 0 aliphatic rings. The molecule has 2 rings (SSSR count). The zero-order chi connectivity index (χ0) is 13.2. The summed E-state index contributed by atoms with van der Waals surface area (Å²) in [4.78, 5) is 4.37. The first-order valence-electron chi connectivity index (χ1n) is 5.08. The minimum atomic E-state index is -3.23. The first kappa shape index (κ1) is 13.3. The summed E-state index contributed by atoms with van der Waals surface area (Å²) < 4.78 is 22.9. The molecule has 0 saturated heterocycles. The smallest absolute Gasteiger partial charge is 0.175 e. The van der Waals surface area contributed by atoms with Crippen molar-refractivity contribution in [2.75, 3.05) is 11.6 Å². The largest absolute Gasteiger partial charge is 0.377 e. The summed E-state index contributed by atoms with van der Waals surface area (Å²) in [6.07, 6.45) is 2.89. The molecule has 0 saturated carbocycles. The number of anilines is 1. The highest BCUT2D eigenvalue weighted by Crippen LogP contribution is 2.25. The fourth-order valence-corrected chi connectivity index (χ4v) is 2.77. The molecular formula is C11H11ClN2O2S2. The quantitative estimate of drug-likeness (QED) is 0.943. The van der Waals surface area contributed by atoms with Crippen LogP contribution in [0.2, 0.25) is 5.02 Å². The van der Waals surface area contributed by atoms with E-state index in [-0.39, 0.29) is 4.90 Å². The van der Waals surface area contributed by atoms with Gasteiger partial charge in [-0.15, -0.1) is 11.3 Å². The van der Waals surface area contributed by atoms with Gasteiger partial charge in [0.05, 0.1) is 22.2 Å². The molecule has 0 amide bonds. The highest BCUT2D eigenvalue weighted by Gasteiger charge is 2.10. The van der Waals surface area contributed by atoms with Crippen LogP contribution < -0.4 is 5.32 Å². The number of thiazole rings is 1. The molecule has 0 aliphatic heterocycles. The molecule has 0 atom stereocenters. The summed E-state index contributed by atoms with van der Waals surface area (Å²) in [5.74, 6) is 0. The van der Waals surface area contributed by atoms with Crippen molar-refractivity contribution in [1.29, 1.82) is 0 Å². The molecule has 1 aromatic carbocycles. The SMILES string of the molecule is CS(=O)(=O)c1ccc(Cl)c(NCc2nccs2)c1. The van der Waals surface area contributed by atoms with E-state index in [1.54, 1.807) is 12.3 Å². The van der Waals surface area contributed by atoms with Gasteiger partial charge in [0.25, 0.3) is 0 Å². The summed E-state index contributed by atoms with van der Waals surface area (Å²) in [5, 5.41) is 6.36. The number of halogens is 1. The summed E-state index contributed by atoms with van der Waals surface area (Å²) in [6.45, 7) is 0.518. The number of hydrogen-bond donors (Lipinski definition) is 1. The van der Waals surface area contributed by atoms with E-state index in [1.807, 2.05) is 5.38 Å². The molecule has 96 valence electrons. The summed E-state index contributed by atoms with van der Waals surface area (Å²) >= 11 is 7.53.